The van der Waals surface area contributed by atoms with Crippen LogP contribution in [0.5, 0.6) is 0 Å². The molecule has 0 spiro atoms. The van der Waals surface area contributed by atoms with Crippen molar-refractivity contribution in [3.05, 3.63) is 0 Å². The molecule has 1 fully saturated rings. The average Bonchev–Trinajstić information content (AvgIpc) is 3.25. The molecule has 0 N–H and O–H groups in total. The Hall–Kier alpha value is -0.120. The van der Waals surface area contributed by atoms with Crippen LogP contribution in [0.15, 0.2) is 0 Å². The van der Waals surface area contributed by atoms with Crippen molar-refractivity contribution in [2.24, 2.45) is 0 Å². The minimum absolute atomic E-state index is 0.108. The van der Waals surface area contributed by atoms with Crippen LogP contribution in [0, 0.1) is 0 Å². The second kappa shape index (κ2) is 11.5. The fourth-order valence-electron chi connectivity index (χ4n) is 2.61. The summed E-state index contributed by atoms with van der Waals surface area (Å²) < 4.78 is 16.8. The van der Waals surface area contributed by atoms with Crippen LogP contribution < -0.4 is 0 Å². The van der Waals surface area contributed by atoms with Gasteiger partial charge in [-0.3, -0.25) is 0 Å². The van der Waals surface area contributed by atoms with Gasteiger partial charge in [0.25, 0.3) is 0 Å². The lowest BCUT2D eigenvalue weighted by Gasteiger charge is -2.20. The molecule has 0 aromatic rings. The van der Waals surface area contributed by atoms with Crippen molar-refractivity contribution in [3.8, 4) is 0 Å². The van der Waals surface area contributed by atoms with Gasteiger partial charge in [0.15, 0.2) is 6.29 Å². The summed E-state index contributed by atoms with van der Waals surface area (Å²) in [7, 11) is 0. The third-order valence-corrected chi connectivity index (χ3v) is 3.88. The quantitative estimate of drug-likeness (QED) is 0.264. The summed E-state index contributed by atoms with van der Waals surface area (Å²) >= 11 is 0. The molecule has 0 aromatic heterocycles. The Morgan fingerprint density at radius 1 is 1.00 bits per heavy atom. The molecular weight excluding hydrogens is 252 g/mol. The highest BCUT2D eigenvalue weighted by Gasteiger charge is 2.34. The van der Waals surface area contributed by atoms with E-state index in [0.717, 1.165) is 13.0 Å². The number of hydrogen-bond donors (Lipinski definition) is 0. The molecule has 0 bridgehead atoms. The molecule has 120 valence electrons. The van der Waals surface area contributed by atoms with Gasteiger partial charge in [-0.2, -0.15) is 0 Å². The first-order valence-corrected chi connectivity index (χ1v) is 8.66. The molecule has 3 nitrogen and oxygen atoms in total. The highest BCUT2D eigenvalue weighted by atomic mass is 16.7. The van der Waals surface area contributed by atoms with E-state index in [2.05, 4.69) is 6.92 Å². The summed E-state index contributed by atoms with van der Waals surface area (Å²) in [4.78, 5) is 0. The van der Waals surface area contributed by atoms with E-state index in [1.165, 1.54) is 51.4 Å². The Bertz CT molecular complexity index is 216. The van der Waals surface area contributed by atoms with Crippen molar-refractivity contribution in [1.82, 2.24) is 0 Å². The maximum atomic E-state index is 5.93. The van der Waals surface area contributed by atoms with E-state index in [1.807, 2.05) is 13.8 Å². The van der Waals surface area contributed by atoms with Gasteiger partial charge in [-0.15, -0.1) is 0 Å². The van der Waals surface area contributed by atoms with Crippen molar-refractivity contribution in [2.45, 2.75) is 97.1 Å². The molecule has 0 aliphatic carbocycles. The Morgan fingerprint density at radius 3 is 2.15 bits per heavy atom. The molecule has 0 amide bonds. The van der Waals surface area contributed by atoms with E-state index in [-0.39, 0.29) is 12.4 Å². The van der Waals surface area contributed by atoms with Gasteiger partial charge in [-0.1, -0.05) is 58.3 Å². The zero-order chi connectivity index (χ0) is 14.6. The van der Waals surface area contributed by atoms with Gasteiger partial charge in [-0.25, -0.2) is 0 Å². The molecule has 20 heavy (non-hydrogen) atoms. The van der Waals surface area contributed by atoms with Crippen molar-refractivity contribution in [1.29, 1.82) is 0 Å². The number of hydrogen-bond acceptors (Lipinski definition) is 3. The van der Waals surface area contributed by atoms with Gasteiger partial charge in [-0.05, 0) is 20.3 Å². The fraction of sp³-hybridized carbons (Fsp3) is 1.00. The highest BCUT2D eigenvalue weighted by molar-refractivity contribution is 4.80. The molecule has 1 aliphatic heterocycles. The van der Waals surface area contributed by atoms with Crippen LogP contribution in [-0.2, 0) is 14.2 Å². The van der Waals surface area contributed by atoms with Crippen molar-refractivity contribution >= 4 is 0 Å². The predicted molar refractivity (Wildman–Crippen MR) is 82.9 cm³/mol. The molecule has 1 heterocycles. The Morgan fingerprint density at radius 2 is 1.60 bits per heavy atom. The van der Waals surface area contributed by atoms with E-state index < -0.39 is 0 Å². The molecule has 3 unspecified atom stereocenters. The van der Waals surface area contributed by atoms with Crippen molar-refractivity contribution in [3.63, 3.8) is 0 Å². The summed E-state index contributed by atoms with van der Waals surface area (Å²) in [5, 5.41) is 0. The Kier molecular flexibility index (Phi) is 10.3. The molecule has 3 atom stereocenters. The summed E-state index contributed by atoms with van der Waals surface area (Å²) in [6.07, 6.45) is 12.4. The summed E-state index contributed by atoms with van der Waals surface area (Å²) in [6.45, 7) is 7.81. The third kappa shape index (κ3) is 8.93. The van der Waals surface area contributed by atoms with Gasteiger partial charge < -0.3 is 14.2 Å². The van der Waals surface area contributed by atoms with Gasteiger partial charge in [0.05, 0.1) is 12.7 Å². The Balaban J connectivity index is 1.99. The average molecular weight is 286 g/mol. The van der Waals surface area contributed by atoms with Gasteiger partial charge in [0, 0.05) is 6.61 Å². The minimum atomic E-state index is -0.108. The second-order valence-corrected chi connectivity index (χ2v) is 5.83. The van der Waals surface area contributed by atoms with E-state index in [0.29, 0.717) is 12.7 Å². The van der Waals surface area contributed by atoms with Gasteiger partial charge >= 0.3 is 0 Å². The molecule has 3 heteroatoms. The maximum Gasteiger partial charge on any atom is 0.155 e. The van der Waals surface area contributed by atoms with Gasteiger partial charge in [0.1, 0.15) is 6.10 Å². The third-order valence-electron chi connectivity index (χ3n) is 3.88. The van der Waals surface area contributed by atoms with Crippen molar-refractivity contribution in [2.75, 3.05) is 13.2 Å². The monoisotopic (exact) mass is 286 g/mol. The number of rotatable bonds is 14. The summed E-state index contributed by atoms with van der Waals surface area (Å²) in [6, 6.07) is 0. The lowest BCUT2D eigenvalue weighted by molar-refractivity contribution is -0.163. The zero-order valence-electron chi connectivity index (χ0n) is 13.7. The molecule has 1 saturated heterocycles. The molecule has 0 saturated carbocycles. The van der Waals surface area contributed by atoms with E-state index in [1.54, 1.807) is 0 Å². The molecule has 1 aliphatic rings. The first-order chi connectivity index (χ1) is 9.77. The van der Waals surface area contributed by atoms with Crippen LogP contribution in [0.2, 0.25) is 0 Å². The molecular formula is C17H34O3. The zero-order valence-corrected chi connectivity index (χ0v) is 13.7. The number of ether oxygens (including phenoxy) is 3. The van der Waals surface area contributed by atoms with Crippen LogP contribution in [0.1, 0.15) is 78.6 Å². The molecule has 1 rings (SSSR count). The highest BCUT2D eigenvalue weighted by Crippen LogP contribution is 2.23. The van der Waals surface area contributed by atoms with E-state index in [4.69, 9.17) is 14.2 Å². The first kappa shape index (κ1) is 17.9. The van der Waals surface area contributed by atoms with E-state index >= 15 is 0 Å². The minimum Gasteiger partial charge on any atom is -0.370 e. The smallest absolute Gasteiger partial charge is 0.155 e. The number of unbranched alkanes of at least 4 members (excludes halogenated alkanes) is 7. The molecule has 0 radical (unpaired) electrons. The van der Waals surface area contributed by atoms with Gasteiger partial charge in [0.2, 0.25) is 0 Å². The number of epoxide rings is 1. The van der Waals surface area contributed by atoms with Crippen LogP contribution in [-0.4, -0.2) is 31.7 Å². The maximum absolute atomic E-state index is 5.93. The molecule has 0 aromatic carbocycles. The lowest BCUT2D eigenvalue weighted by Crippen LogP contribution is -2.26. The van der Waals surface area contributed by atoms with Crippen molar-refractivity contribution < 1.29 is 14.2 Å². The largest absolute Gasteiger partial charge is 0.370 e. The second-order valence-electron chi connectivity index (χ2n) is 5.83. The summed E-state index contributed by atoms with van der Waals surface area (Å²) in [5.41, 5.74) is 0. The van der Waals surface area contributed by atoms with Crippen LogP contribution >= 0.6 is 0 Å². The lowest BCUT2D eigenvalue weighted by atomic mass is 10.0. The fourth-order valence-corrected chi connectivity index (χ4v) is 2.61. The van der Waals surface area contributed by atoms with Crippen LogP contribution in [0.3, 0.4) is 0 Å². The predicted octanol–water partition coefficient (Wildman–Crippen LogP) is 4.68. The van der Waals surface area contributed by atoms with E-state index in [9.17, 15) is 0 Å². The van der Waals surface area contributed by atoms with Crippen LogP contribution in [0.25, 0.3) is 0 Å². The first-order valence-electron chi connectivity index (χ1n) is 8.66. The summed E-state index contributed by atoms with van der Waals surface area (Å²) in [5.74, 6) is 0. The topological polar surface area (TPSA) is 31.0 Å². The standard InChI is InChI=1S/C17H34O3/c1-4-6-7-8-9-10-11-12-13-16(17-14-19-17)20-15(3)18-5-2/h15-17H,4-14H2,1-3H3. The normalized spacial score (nSPS) is 20.9. The Labute approximate surface area is 125 Å². The SMILES string of the molecule is CCCCCCCCCCC(OC(C)OCC)C1CO1. The van der Waals surface area contributed by atoms with Crippen LogP contribution in [0.4, 0.5) is 0 Å².